The van der Waals surface area contributed by atoms with Gasteiger partial charge in [0.2, 0.25) is 0 Å². The van der Waals surface area contributed by atoms with E-state index in [1.807, 2.05) is 31.2 Å². The molecular formula is C16H17F2NO2. The zero-order valence-electron chi connectivity index (χ0n) is 11.9. The average molecular weight is 293 g/mol. The summed E-state index contributed by atoms with van der Waals surface area (Å²) in [7, 11) is 1.22. The normalized spacial score (nSPS) is 12.0. The fourth-order valence-electron chi connectivity index (χ4n) is 2.13. The number of anilines is 1. The Balaban J connectivity index is 2.21. The van der Waals surface area contributed by atoms with Crippen LogP contribution in [0.1, 0.15) is 24.1 Å². The Labute approximate surface area is 122 Å². The molecule has 0 aromatic heterocycles. The number of ether oxygens (including phenoxy) is 1. The maximum atomic E-state index is 13.6. The zero-order valence-corrected chi connectivity index (χ0v) is 11.9. The van der Waals surface area contributed by atoms with Gasteiger partial charge in [0.15, 0.2) is 17.4 Å². The Kier molecular flexibility index (Phi) is 4.75. The van der Waals surface area contributed by atoms with Crippen LogP contribution in [0.2, 0.25) is 0 Å². The number of rotatable bonds is 5. The minimum absolute atomic E-state index is 0.0493. The lowest BCUT2D eigenvalue weighted by Gasteiger charge is -2.17. The first kappa shape index (κ1) is 15.3. The summed E-state index contributed by atoms with van der Waals surface area (Å²) in [4.78, 5) is 0. The number of methoxy groups -OCH3 is 1. The maximum absolute atomic E-state index is 13.6. The molecule has 2 aromatic rings. The SMILES string of the molecule is COc1c(F)cc(NC(C)c2cccc(CO)c2)cc1F. The molecule has 0 radical (unpaired) electrons. The molecule has 1 unspecified atom stereocenters. The number of hydrogen-bond acceptors (Lipinski definition) is 3. The van der Waals surface area contributed by atoms with Gasteiger partial charge in [-0.3, -0.25) is 0 Å². The summed E-state index contributed by atoms with van der Waals surface area (Å²) < 4.78 is 31.9. The molecule has 1 atom stereocenters. The Hall–Kier alpha value is -2.14. The summed E-state index contributed by atoms with van der Waals surface area (Å²) >= 11 is 0. The van der Waals surface area contributed by atoms with Crippen LogP contribution in [0.3, 0.4) is 0 Å². The minimum Gasteiger partial charge on any atom is -0.491 e. The highest BCUT2D eigenvalue weighted by Gasteiger charge is 2.13. The Bertz CT molecular complexity index is 608. The lowest BCUT2D eigenvalue weighted by atomic mass is 10.1. The molecule has 0 saturated heterocycles. The van der Waals surface area contributed by atoms with Crippen molar-refractivity contribution < 1.29 is 18.6 Å². The van der Waals surface area contributed by atoms with Gasteiger partial charge in [-0.05, 0) is 18.1 Å². The lowest BCUT2D eigenvalue weighted by Crippen LogP contribution is -2.08. The van der Waals surface area contributed by atoms with Crippen LogP contribution < -0.4 is 10.1 Å². The van der Waals surface area contributed by atoms with E-state index in [2.05, 4.69) is 10.1 Å². The van der Waals surface area contributed by atoms with Crippen LogP contribution in [-0.2, 0) is 6.61 Å². The second-order valence-corrected chi connectivity index (χ2v) is 4.74. The second-order valence-electron chi connectivity index (χ2n) is 4.74. The maximum Gasteiger partial charge on any atom is 0.190 e. The highest BCUT2D eigenvalue weighted by Crippen LogP contribution is 2.27. The fourth-order valence-corrected chi connectivity index (χ4v) is 2.13. The molecule has 0 bridgehead atoms. The van der Waals surface area contributed by atoms with Crippen LogP contribution in [0.5, 0.6) is 5.75 Å². The van der Waals surface area contributed by atoms with Gasteiger partial charge in [0.25, 0.3) is 0 Å². The van der Waals surface area contributed by atoms with E-state index in [9.17, 15) is 8.78 Å². The number of aliphatic hydroxyl groups excluding tert-OH is 1. The summed E-state index contributed by atoms with van der Waals surface area (Å²) in [6.07, 6.45) is 0. The molecule has 0 amide bonds. The van der Waals surface area contributed by atoms with Gasteiger partial charge in [0, 0.05) is 23.9 Å². The molecule has 0 heterocycles. The average Bonchev–Trinajstić information content (AvgIpc) is 2.47. The topological polar surface area (TPSA) is 41.5 Å². The Morgan fingerprint density at radius 2 is 1.86 bits per heavy atom. The second kappa shape index (κ2) is 6.54. The molecule has 0 spiro atoms. The lowest BCUT2D eigenvalue weighted by molar-refractivity contribution is 0.281. The van der Waals surface area contributed by atoms with Gasteiger partial charge in [-0.25, -0.2) is 8.78 Å². The van der Waals surface area contributed by atoms with Crippen LogP contribution >= 0.6 is 0 Å². The van der Waals surface area contributed by atoms with Gasteiger partial charge in [-0.2, -0.15) is 0 Å². The van der Waals surface area contributed by atoms with E-state index in [1.54, 1.807) is 0 Å². The Morgan fingerprint density at radius 1 is 1.19 bits per heavy atom. The van der Waals surface area contributed by atoms with E-state index in [0.717, 1.165) is 11.1 Å². The van der Waals surface area contributed by atoms with E-state index < -0.39 is 17.4 Å². The highest BCUT2D eigenvalue weighted by molar-refractivity contribution is 5.50. The van der Waals surface area contributed by atoms with Crippen molar-refractivity contribution in [1.82, 2.24) is 0 Å². The van der Waals surface area contributed by atoms with Crippen molar-refractivity contribution in [3.05, 3.63) is 59.2 Å². The van der Waals surface area contributed by atoms with Crippen molar-refractivity contribution in [2.45, 2.75) is 19.6 Å². The van der Waals surface area contributed by atoms with Crippen LogP contribution in [0.15, 0.2) is 36.4 Å². The van der Waals surface area contributed by atoms with Gasteiger partial charge < -0.3 is 15.2 Å². The van der Waals surface area contributed by atoms with Crippen LogP contribution in [0.25, 0.3) is 0 Å². The third kappa shape index (κ3) is 3.49. The molecule has 0 fully saturated rings. The van der Waals surface area contributed by atoms with E-state index in [-0.39, 0.29) is 12.6 Å². The zero-order chi connectivity index (χ0) is 15.4. The molecule has 0 aliphatic heterocycles. The van der Waals surface area contributed by atoms with E-state index in [4.69, 9.17) is 5.11 Å². The summed E-state index contributed by atoms with van der Waals surface area (Å²) in [5.74, 6) is -1.90. The molecule has 2 aromatic carbocycles. The third-order valence-corrected chi connectivity index (χ3v) is 3.22. The molecular weight excluding hydrogens is 276 g/mol. The predicted octanol–water partition coefficient (Wildman–Crippen LogP) is 3.64. The van der Waals surface area contributed by atoms with Gasteiger partial charge in [-0.15, -0.1) is 0 Å². The van der Waals surface area contributed by atoms with Crippen molar-refractivity contribution in [2.24, 2.45) is 0 Å². The number of aliphatic hydroxyl groups is 1. The van der Waals surface area contributed by atoms with E-state index in [1.165, 1.54) is 19.2 Å². The standard InChI is InChI=1S/C16H17F2NO2/c1-10(12-5-3-4-11(6-12)9-20)19-13-7-14(17)16(21-2)15(18)8-13/h3-8,10,19-20H,9H2,1-2H3. The number of benzene rings is 2. The van der Waals surface area contributed by atoms with Crippen LogP contribution in [-0.4, -0.2) is 12.2 Å². The van der Waals surface area contributed by atoms with Crippen molar-refractivity contribution in [3.63, 3.8) is 0 Å². The van der Waals surface area contributed by atoms with Crippen molar-refractivity contribution >= 4 is 5.69 Å². The molecule has 5 heteroatoms. The summed E-state index contributed by atoms with van der Waals surface area (Å²) in [5, 5.41) is 12.2. The monoisotopic (exact) mass is 293 g/mol. The molecule has 2 rings (SSSR count). The van der Waals surface area contributed by atoms with Crippen molar-refractivity contribution in [3.8, 4) is 5.75 Å². The molecule has 2 N–H and O–H groups in total. The molecule has 3 nitrogen and oxygen atoms in total. The Morgan fingerprint density at radius 3 is 2.43 bits per heavy atom. The quantitative estimate of drug-likeness (QED) is 0.884. The van der Waals surface area contributed by atoms with E-state index >= 15 is 0 Å². The smallest absolute Gasteiger partial charge is 0.190 e. The largest absolute Gasteiger partial charge is 0.491 e. The van der Waals surface area contributed by atoms with Crippen LogP contribution in [0.4, 0.5) is 14.5 Å². The molecule has 112 valence electrons. The first-order chi connectivity index (χ1) is 10.0. The highest BCUT2D eigenvalue weighted by atomic mass is 19.1. The summed E-state index contributed by atoms with van der Waals surface area (Å²) in [5.41, 5.74) is 2.03. The van der Waals surface area contributed by atoms with Gasteiger partial charge in [0.05, 0.1) is 13.7 Å². The molecule has 0 saturated carbocycles. The number of halogens is 2. The van der Waals surface area contributed by atoms with E-state index in [0.29, 0.717) is 5.69 Å². The summed E-state index contributed by atoms with van der Waals surface area (Å²) in [6.45, 7) is 1.82. The molecule has 0 aliphatic rings. The minimum atomic E-state index is -0.753. The van der Waals surface area contributed by atoms with Crippen molar-refractivity contribution in [1.29, 1.82) is 0 Å². The first-order valence-electron chi connectivity index (χ1n) is 6.54. The third-order valence-electron chi connectivity index (χ3n) is 3.22. The molecule has 21 heavy (non-hydrogen) atoms. The van der Waals surface area contributed by atoms with Gasteiger partial charge >= 0.3 is 0 Å². The number of nitrogens with one attached hydrogen (secondary N) is 1. The van der Waals surface area contributed by atoms with Crippen LogP contribution in [0, 0.1) is 11.6 Å². The summed E-state index contributed by atoms with van der Waals surface area (Å²) in [6, 6.07) is 9.57. The molecule has 0 aliphatic carbocycles. The first-order valence-corrected chi connectivity index (χ1v) is 6.54. The fraction of sp³-hybridized carbons (Fsp3) is 0.250. The number of hydrogen-bond donors (Lipinski definition) is 2. The van der Waals surface area contributed by atoms with Crippen molar-refractivity contribution in [2.75, 3.05) is 12.4 Å². The van der Waals surface area contributed by atoms with Gasteiger partial charge in [0.1, 0.15) is 0 Å². The predicted molar refractivity (Wildman–Crippen MR) is 77.3 cm³/mol. The van der Waals surface area contributed by atoms with Gasteiger partial charge in [-0.1, -0.05) is 24.3 Å².